The largest absolute Gasteiger partial charge is 0.311 e. The van der Waals surface area contributed by atoms with Crippen molar-refractivity contribution >= 4 is 11.6 Å². The molecule has 0 N–H and O–H groups in total. The lowest BCUT2D eigenvalue weighted by Crippen LogP contribution is -2.43. The molecular weight excluding hydrogens is 250 g/mol. The monoisotopic (exact) mass is 273 g/mol. The van der Waals surface area contributed by atoms with Crippen molar-refractivity contribution in [2.75, 3.05) is 11.4 Å². The lowest BCUT2D eigenvalue weighted by Gasteiger charge is -2.31. The lowest BCUT2D eigenvalue weighted by atomic mass is 9.79. The Hall–Kier alpha value is -1.89. The summed E-state index contributed by atoms with van der Waals surface area (Å²) < 4.78 is 0. The zero-order valence-electron chi connectivity index (χ0n) is 12.6. The quantitative estimate of drug-likeness (QED) is 0.763. The van der Waals surface area contributed by atoms with Crippen LogP contribution in [0.4, 0.5) is 5.69 Å². The summed E-state index contributed by atoms with van der Waals surface area (Å²) in [6.45, 7) is 6.51. The normalized spacial score (nSPS) is 10.9. The number of hydrogen-bond donors (Lipinski definition) is 0. The molecule has 1 aromatic heterocycles. The van der Waals surface area contributed by atoms with Gasteiger partial charge in [0.25, 0.3) is 0 Å². The van der Waals surface area contributed by atoms with Crippen LogP contribution in [-0.2, 0) is 4.79 Å². The fraction of sp³-hybridized carbons (Fsp3) is 0.562. The Kier molecular flexibility index (Phi) is 6.17. The van der Waals surface area contributed by atoms with Gasteiger partial charge in [-0.05, 0) is 31.9 Å². The molecule has 4 heteroatoms. The SMILES string of the molecule is CCCC(C#N)(CCC)C(=O)N(CC)c1ccncc1. The van der Waals surface area contributed by atoms with Gasteiger partial charge in [0.2, 0.25) is 5.91 Å². The number of amides is 1. The first-order valence-corrected chi connectivity index (χ1v) is 7.28. The number of nitrogens with zero attached hydrogens (tertiary/aromatic N) is 3. The molecule has 0 aromatic carbocycles. The van der Waals surface area contributed by atoms with E-state index in [0.29, 0.717) is 19.4 Å². The van der Waals surface area contributed by atoms with Crippen molar-refractivity contribution in [2.45, 2.75) is 46.5 Å². The van der Waals surface area contributed by atoms with E-state index in [2.05, 4.69) is 11.1 Å². The molecule has 4 nitrogen and oxygen atoms in total. The number of rotatable bonds is 7. The van der Waals surface area contributed by atoms with Gasteiger partial charge >= 0.3 is 0 Å². The summed E-state index contributed by atoms with van der Waals surface area (Å²) in [6.07, 6.45) is 6.20. The molecule has 1 amide bonds. The summed E-state index contributed by atoms with van der Waals surface area (Å²) >= 11 is 0. The summed E-state index contributed by atoms with van der Waals surface area (Å²) in [5, 5.41) is 9.59. The zero-order valence-corrected chi connectivity index (χ0v) is 12.6. The van der Waals surface area contributed by atoms with Crippen molar-refractivity contribution in [1.29, 1.82) is 5.26 Å². The molecule has 0 bridgehead atoms. The Morgan fingerprint density at radius 1 is 1.25 bits per heavy atom. The van der Waals surface area contributed by atoms with Crippen LogP contribution in [0.5, 0.6) is 0 Å². The van der Waals surface area contributed by atoms with E-state index in [0.717, 1.165) is 18.5 Å². The van der Waals surface area contributed by atoms with Crippen LogP contribution in [0.1, 0.15) is 46.5 Å². The summed E-state index contributed by atoms with van der Waals surface area (Å²) in [4.78, 5) is 18.6. The standard InChI is InChI=1S/C16H23N3O/c1-4-9-16(13-17,10-5-2)15(20)19(6-3)14-7-11-18-12-8-14/h7-8,11-12H,4-6,9-10H2,1-3H3. The number of pyridine rings is 1. The molecular formula is C16H23N3O. The second-order valence-electron chi connectivity index (χ2n) is 4.95. The smallest absolute Gasteiger partial charge is 0.247 e. The molecule has 108 valence electrons. The third-order valence-electron chi connectivity index (χ3n) is 3.51. The molecule has 1 heterocycles. The van der Waals surface area contributed by atoms with Crippen LogP contribution in [0.3, 0.4) is 0 Å². The van der Waals surface area contributed by atoms with Crippen molar-refractivity contribution in [1.82, 2.24) is 4.98 Å². The van der Waals surface area contributed by atoms with Gasteiger partial charge in [0.15, 0.2) is 0 Å². The van der Waals surface area contributed by atoms with E-state index in [4.69, 9.17) is 0 Å². The molecule has 20 heavy (non-hydrogen) atoms. The van der Waals surface area contributed by atoms with E-state index < -0.39 is 5.41 Å². The number of aromatic nitrogens is 1. The fourth-order valence-electron chi connectivity index (χ4n) is 2.58. The van der Waals surface area contributed by atoms with Crippen LogP contribution in [0.25, 0.3) is 0 Å². The van der Waals surface area contributed by atoms with Crippen LogP contribution in [0.2, 0.25) is 0 Å². The van der Waals surface area contributed by atoms with Gasteiger partial charge in [-0.1, -0.05) is 26.7 Å². The van der Waals surface area contributed by atoms with Crippen molar-refractivity contribution in [3.8, 4) is 6.07 Å². The highest BCUT2D eigenvalue weighted by Crippen LogP contribution is 2.33. The summed E-state index contributed by atoms with van der Waals surface area (Å²) in [5.74, 6) is -0.0857. The number of anilines is 1. The van der Waals surface area contributed by atoms with Crippen LogP contribution in [0.15, 0.2) is 24.5 Å². The molecule has 0 aliphatic rings. The van der Waals surface area contributed by atoms with Gasteiger partial charge < -0.3 is 4.90 Å². The highest BCUT2D eigenvalue weighted by atomic mass is 16.2. The number of hydrogen-bond acceptors (Lipinski definition) is 3. The Labute approximate surface area is 121 Å². The van der Waals surface area contributed by atoms with Gasteiger partial charge in [-0.15, -0.1) is 0 Å². The average molecular weight is 273 g/mol. The molecule has 0 radical (unpaired) electrons. The molecule has 0 saturated carbocycles. The van der Waals surface area contributed by atoms with E-state index in [9.17, 15) is 10.1 Å². The van der Waals surface area contributed by atoms with E-state index in [1.807, 2.05) is 20.8 Å². The first kappa shape index (κ1) is 16.2. The van der Waals surface area contributed by atoms with Crippen LogP contribution in [-0.4, -0.2) is 17.4 Å². The van der Waals surface area contributed by atoms with E-state index in [1.54, 1.807) is 29.4 Å². The number of carbonyl (C=O) groups is 1. The average Bonchev–Trinajstić information content (AvgIpc) is 2.48. The van der Waals surface area contributed by atoms with Crippen molar-refractivity contribution in [3.05, 3.63) is 24.5 Å². The maximum Gasteiger partial charge on any atom is 0.247 e. The molecule has 1 rings (SSSR count). The number of carbonyl (C=O) groups excluding carboxylic acids is 1. The van der Waals surface area contributed by atoms with Gasteiger partial charge in [0, 0.05) is 24.6 Å². The van der Waals surface area contributed by atoms with E-state index in [-0.39, 0.29) is 5.91 Å². The minimum absolute atomic E-state index is 0.0857. The van der Waals surface area contributed by atoms with E-state index in [1.165, 1.54) is 0 Å². The molecule has 1 aromatic rings. The Balaban J connectivity index is 3.12. The second-order valence-corrected chi connectivity index (χ2v) is 4.95. The summed E-state index contributed by atoms with van der Waals surface area (Å²) in [6, 6.07) is 5.91. The number of nitriles is 1. The molecule has 0 aliphatic heterocycles. The molecule has 0 fully saturated rings. The Bertz CT molecular complexity index is 458. The van der Waals surface area contributed by atoms with Crippen molar-refractivity contribution < 1.29 is 4.79 Å². The van der Waals surface area contributed by atoms with Crippen molar-refractivity contribution in [2.24, 2.45) is 5.41 Å². The van der Waals surface area contributed by atoms with Gasteiger partial charge in [-0.2, -0.15) is 5.26 Å². The van der Waals surface area contributed by atoms with Crippen LogP contribution >= 0.6 is 0 Å². The molecule has 0 atom stereocenters. The maximum atomic E-state index is 12.9. The molecule has 0 aliphatic carbocycles. The fourth-order valence-corrected chi connectivity index (χ4v) is 2.58. The highest BCUT2D eigenvalue weighted by molar-refractivity contribution is 5.99. The zero-order chi connectivity index (χ0) is 15.0. The Morgan fingerprint density at radius 3 is 2.20 bits per heavy atom. The predicted molar refractivity (Wildman–Crippen MR) is 80.1 cm³/mol. The first-order chi connectivity index (χ1) is 9.65. The minimum atomic E-state index is -0.900. The topological polar surface area (TPSA) is 57.0 Å². The van der Waals surface area contributed by atoms with Crippen LogP contribution < -0.4 is 4.90 Å². The molecule has 0 saturated heterocycles. The van der Waals surface area contributed by atoms with Gasteiger partial charge in [-0.25, -0.2) is 0 Å². The molecule has 0 unspecified atom stereocenters. The first-order valence-electron chi connectivity index (χ1n) is 7.28. The van der Waals surface area contributed by atoms with Gasteiger partial charge in [0.05, 0.1) is 6.07 Å². The lowest BCUT2D eigenvalue weighted by molar-refractivity contribution is -0.126. The Morgan fingerprint density at radius 2 is 1.80 bits per heavy atom. The summed E-state index contributed by atoms with van der Waals surface area (Å²) in [7, 11) is 0. The minimum Gasteiger partial charge on any atom is -0.311 e. The summed E-state index contributed by atoms with van der Waals surface area (Å²) in [5.41, 5.74) is -0.0951. The maximum absolute atomic E-state index is 12.9. The third kappa shape index (κ3) is 3.36. The van der Waals surface area contributed by atoms with Crippen molar-refractivity contribution in [3.63, 3.8) is 0 Å². The second kappa shape index (κ2) is 7.64. The predicted octanol–water partition coefficient (Wildman–Crippen LogP) is 3.54. The highest BCUT2D eigenvalue weighted by Gasteiger charge is 2.40. The van der Waals surface area contributed by atoms with Gasteiger partial charge in [-0.3, -0.25) is 9.78 Å². The third-order valence-corrected chi connectivity index (χ3v) is 3.51. The van der Waals surface area contributed by atoms with E-state index >= 15 is 0 Å². The molecule has 0 spiro atoms. The van der Waals surface area contributed by atoms with Crippen LogP contribution in [0, 0.1) is 16.7 Å². The van der Waals surface area contributed by atoms with Gasteiger partial charge in [0.1, 0.15) is 5.41 Å².